The van der Waals surface area contributed by atoms with Gasteiger partial charge in [0.15, 0.2) is 0 Å². The lowest BCUT2D eigenvalue weighted by atomic mass is 10.1. The fourth-order valence-electron chi connectivity index (χ4n) is 1.70. The molecule has 17 heavy (non-hydrogen) atoms. The number of aryl methyl sites for hydroxylation is 1. The molecule has 0 aromatic heterocycles. The molecule has 0 atom stereocenters. The molecular weight excluding hydrogens is 212 g/mol. The average Bonchev–Trinajstić information content (AvgIpc) is 2.30. The van der Waals surface area contributed by atoms with E-state index in [2.05, 4.69) is 31.2 Å². The Balaban J connectivity index is 2.72. The van der Waals surface area contributed by atoms with Gasteiger partial charge in [-0.1, -0.05) is 43.7 Å². The van der Waals surface area contributed by atoms with Crippen LogP contribution in [0.2, 0.25) is 0 Å². The summed E-state index contributed by atoms with van der Waals surface area (Å²) in [7, 11) is 0. The first-order valence-electron chi connectivity index (χ1n) is 6.09. The fraction of sp³-hybridized carbons (Fsp3) is 0.500. The van der Waals surface area contributed by atoms with Crippen molar-refractivity contribution in [2.75, 3.05) is 13.1 Å². The molecule has 0 saturated carbocycles. The maximum Gasteiger partial charge on any atom is 0.225 e. The Labute approximate surface area is 104 Å². The van der Waals surface area contributed by atoms with Crippen LogP contribution in [0.15, 0.2) is 24.3 Å². The first kappa shape index (κ1) is 13.7. The summed E-state index contributed by atoms with van der Waals surface area (Å²) in [5.41, 5.74) is 7.93. The van der Waals surface area contributed by atoms with Crippen molar-refractivity contribution in [3.8, 4) is 0 Å². The van der Waals surface area contributed by atoms with Crippen molar-refractivity contribution < 1.29 is 4.79 Å². The molecule has 2 N–H and O–H groups in total. The molecule has 0 unspecified atom stereocenters. The quantitative estimate of drug-likeness (QED) is 0.846. The number of carbonyl (C=O) groups is 1. The van der Waals surface area contributed by atoms with Crippen LogP contribution in [-0.2, 0) is 11.3 Å². The van der Waals surface area contributed by atoms with E-state index in [1.165, 1.54) is 5.56 Å². The van der Waals surface area contributed by atoms with Crippen molar-refractivity contribution in [3.63, 3.8) is 0 Å². The Morgan fingerprint density at radius 3 is 2.35 bits per heavy atom. The zero-order valence-corrected chi connectivity index (χ0v) is 10.9. The summed E-state index contributed by atoms with van der Waals surface area (Å²) < 4.78 is 0. The summed E-state index contributed by atoms with van der Waals surface area (Å²) >= 11 is 0. The minimum atomic E-state index is 0.0204. The normalized spacial score (nSPS) is 10.6. The average molecular weight is 234 g/mol. The Morgan fingerprint density at radius 2 is 1.88 bits per heavy atom. The molecule has 0 spiro atoms. The number of amides is 1. The molecule has 0 heterocycles. The van der Waals surface area contributed by atoms with Gasteiger partial charge in [0, 0.05) is 25.6 Å². The van der Waals surface area contributed by atoms with Gasteiger partial charge in [0.05, 0.1) is 0 Å². The summed E-state index contributed by atoms with van der Waals surface area (Å²) in [6.07, 6.45) is 0. The predicted molar refractivity (Wildman–Crippen MR) is 70.5 cm³/mol. The molecule has 0 saturated heterocycles. The number of nitrogens with zero attached hydrogens (tertiary/aromatic N) is 1. The molecule has 0 radical (unpaired) electrons. The summed E-state index contributed by atoms with van der Waals surface area (Å²) in [6, 6.07) is 8.25. The molecule has 94 valence electrons. The van der Waals surface area contributed by atoms with E-state index >= 15 is 0 Å². The molecule has 3 heteroatoms. The van der Waals surface area contributed by atoms with Gasteiger partial charge in [-0.2, -0.15) is 0 Å². The lowest BCUT2D eigenvalue weighted by Gasteiger charge is -2.24. The standard InChI is InChI=1S/C14H22N2O/c1-11(2)14(17)16(9-8-15)10-13-6-4-12(3)5-7-13/h4-7,11H,8-10,15H2,1-3H3. The highest BCUT2D eigenvalue weighted by Crippen LogP contribution is 2.09. The van der Waals surface area contributed by atoms with Crippen molar-refractivity contribution >= 4 is 5.91 Å². The van der Waals surface area contributed by atoms with Crippen LogP contribution in [0.3, 0.4) is 0 Å². The van der Waals surface area contributed by atoms with E-state index in [-0.39, 0.29) is 11.8 Å². The molecule has 0 bridgehead atoms. The largest absolute Gasteiger partial charge is 0.337 e. The van der Waals surface area contributed by atoms with Crippen LogP contribution in [0.1, 0.15) is 25.0 Å². The lowest BCUT2D eigenvalue weighted by Crippen LogP contribution is -2.37. The van der Waals surface area contributed by atoms with E-state index in [1.807, 2.05) is 18.7 Å². The zero-order valence-electron chi connectivity index (χ0n) is 10.9. The van der Waals surface area contributed by atoms with Crippen molar-refractivity contribution in [2.45, 2.75) is 27.3 Å². The van der Waals surface area contributed by atoms with Gasteiger partial charge in [0.2, 0.25) is 5.91 Å². The molecular formula is C14H22N2O. The first-order chi connectivity index (χ1) is 8.04. The first-order valence-corrected chi connectivity index (χ1v) is 6.09. The minimum Gasteiger partial charge on any atom is -0.337 e. The molecule has 1 amide bonds. The van der Waals surface area contributed by atoms with Crippen LogP contribution in [-0.4, -0.2) is 23.9 Å². The molecule has 0 aliphatic rings. The third kappa shape index (κ3) is 4.19. The maximum absolute atomic E-state index is 12.0. The summed E-state index contributed by atoms with van der Waals surface area (Å²) in [5, 5.41) is 0. The molecule has 1 aromatic carbocycles. The second kappa shape index (κ2) is 6.40. The second-order valence-electron chi connectivity index (χ2n) is 4.69. The third-order valence-corrected chi connectivity index (χ3v) is 2.70. The number of nitrogens with two attached hydrogens (primary N) is 1. The third-order valence-electron chi connectivity index (χ3n) is 2.70. The summed E-state index contributed by atoms with van der Waals surface area (Å²) in [4.78, 5) is 13.8. The number of hydrogen-bond donors (Lipinski definition) is 1. The molecule has 0 fully saturated rings. The SMILES string of the molecule is Cc1ccc(CN(CCN)C(=O)C(C)C)cc1. The van der Waals surface area contributed by atoms with Crippen LogP contribution < -0.4 is 5.73 Å². The van der Waals surface area contributed by atoms with E-state index in [0.717, 1.165) is 5.56 Å². The Morgan fingerprint density at radius 1 is 1.29 bits per heavy atom. The van der Waals surface area contributed by atoms with Gasteiger partial charge in [-0.3, -0.25) is 4.79 Å². The number of hydrogen-bond acceptors (Lipinski definition) is 2. The second-order valence-corrected chi connectivity index (χ2v) is 4.69. The highest BCUT2D eigenvalue weighted by Gasteiger charge is 2.16. The molecule has 1 aromatic rings. The van der Waals surface area contributed by atoms with Gasteiger partial charge >= 0.3 is 0 Å². The molecule has 3 nitrogen and oxygen atoms in total. The van der Waals surface area contributed by atoms with Gasteiger partial charge in [0.25, 0.3) is 0 Å². The monoisotopic (exact) mass is 234 g/mol. The number of carbonyl (C=O) groups excluding carboxylic acids is 1. The van der Waals surface area contributed by atoms with E-state index in [9.17, 15) is 4.79 Å². The number of rotatable bonds is 5. The summed E-state index contributed by atoms with van der Waals surface area (Å²) in [6.45, 7) is 7.66. The van der Waals surface area contributed by atoms with Gasteiger partial charge in [-0.25, -0.2) is 0 Å². The Kier molecular flexibility index (Phi) is 5.16. The minimum absolute atomic E-state index is 0.0204. The van der Waals surface area contributed by atoms with Crippen molar-refractivity contribution in [2.24, 2.45) is 11.7 Å². The Bertz CT molecular complexity index is 357. The van der Waals surface area contributed by atoms with Crippen LogP contribution in [0, 0.1) is 12.8 Å². The topological polar surface area (TPSA) is 46.3 Å². The van der Waals surface area contributed by atoms with Crippen molar-refractivity contribution in [1.29, 1.82) is 0 Å². The van der Waals surface area contributed by atoms with E-state index in [0.29, 0.717) is 19.6 Å². The highest BCUT2D eigenvalue weighted by atomic mass is 16.2. The predicted octanol–water partition coefficient (Wildman–Crippen LogP) is 1.94. The van der Waals surface area contributed by atoms with Crippen LogP contribution in [0.5, 0.6) is 0 Å². The lowest BCUT2D eigenvalue weighted by molar-refractivity contribution is -0.134. The van der Waals surface area contributed by atoms with Crippen molar-refractivity contribution in [3.05, 3.63) is 35.4 Å². The summed E-state index contributed by atoms with van der Waals surface area (Å²) in [5.74, 6) is 0.183. The van der Waals surface area contributed by atoms with Crippen LogP contribution in [0.4, 0.5) is 0 Å². The number of benzene rings is 1. The Hall–Kier alpha value is -1.35. The molecule has 1 rings (SSSR count). The molecule has 0 aliphatic heterocycles. The van der Waals surface area contributed by atoms with E-state index in [1.54, 1.807) is 0 Å². The smallest absolute Gasteiger partial charge is 0.225 e. The van der Waals surface area contributed by atoms with Gasteiger partial charge in [-0.05, 0) is 12.5 Å². The van der Waals surface area contributed by atoms with E-state index < -0.39 is 0 Å². The van der Waals surface area contributed by atoms with Gasteiger partial charge in [0.1, 0.15) is 0 Å². The molecule has 0 aliphatic carbocycles. The maximum atomic E-state index is 12.0. The fourth-order valence-corrected chi connectivity index (χ4v) is 1.70. The highest BCUT2D eigenvalue weighted by molar-refractivity contribution is 5.78. The van der Waals surface area contributed by atoms with Crippen LogP contribution in [0.25, 0.3) is 0 Å². The van der Waals surface area contributed by atoms with E-state index in [4.69, 9.17) is 5.73 Å². The van der Waals surface area contributed by atoms with Crippen molar-refractivity contribution in [1.82, 2.24) is 4.90 Å². The zero-order chi connectivity index (χ0) is 12.8. The van der Waals surface area contributed by atoms with Crippen LogP contribution >= 0.6 is 0 Å². The van der Waals surface area contributed by atoms with Gasteiger partial charge < -0.3 is 10.6 Å². The van der Waals surface area contributed by atoms with Gasteiger partial charge in [-0.15, -0.1) is 0 Å².